The predicted octanol–water partition coefficient (Wildman–Crippen LogP) is -1.06. The number of likely N-dealkylation sites (N-methyl/N-ethyl adjacent to an activating group) is 1. The summed E-state index contributed by atoms with van der Waals surface area (Å²) in [5.41, 5.74) is 0. The van der Waals surface area contributed by atoms with E-state index >= 15 is 0 Å². The standard InChI is InChI=1S/C11H19N3O4/c1-6(15)12-9-7(10(16)13(2)3)5-8(11(17)18)14(9)4/h7-9H,5H2,1-4H3,(H,12,15)(H,17,18)/t7-,8-,9-/m1/s1. The van der Waals surface area contributed by atoms with Gasteiger partial charge in [0.25, 0.3) is 0 Å². The molecule has 0 bridgehead atoms. The van der Waals surface area contributed by atoms with Crippen LogP contribution >= 0.6 is 0 Å². The molecular formula is C11H19N3O4. The van der Waals surface area contributed by atoms with Gasteiger partial charge in [-0.2, -0.15) is 0 Å². The van der Waals surface area contributed by atoms with Gasteiger partial charge in [-0.25, -0.2) is 0 Å². The molecule has 0 spiro atoms. The van der Waals surface area contributed by atoms with Crippen LogP contribution in [0.2, 0.25) is 0 Å². The Hall–Kier alpha value is -1.63. The molecule has 1 heterocycles. The Morgan fingerprint density at radius 2 is 1.89 bits per heavy atom. The van der Waals surface area contributed by atoms with Crippen LogP contribution in [0.3, 0.4) is 0 Å². The van der Waals surface area contributed by atoms with Crippen LogP contribution in [-0.2, 0) is 14.4 Å². The first kappa shape index (κ1) is 14.4. The maximum absolute atomic E-state index is 12.0. The second kappa shape index (κ2) is 5.34. The average Bonchev–Trinajstić information content (AvgIpc) is 2.55. The first-order valence-electron chi connectivity index (χ1n) is 5.68. The Labute approximate surface area is 106 Å². The van der Waals surface area contributed by atoms with E-state index in [2.05, 4.69) is 5.32 Å². The number of carboxylic acids is 1. The van der Waals surface area contributed by atoms with Crippen LogP contribution in [0, 0.1) is 5.92 Å². The minimum atomic E-state index is -0.984. The van der Waals surface area contributed by atoms with Gasteiger partial charge in [-0.15, -0.1) is 0 Å². The summed E-state index contributed by atoms with van der Waals surface area (Å²) in [4.78, 5) is 37.2. The van der Waals surface area contributed by atoms with Crippen LogP contribution in [0.25, 0.3) is 0 Å². The molecule has 0 aromatic carbocycles. The van der Waals surface area contributed by atoms with Gasteiger partial charge in [-0.3, -0.25) is 19.3 Å². The lowest BCUT2D eigenvalue weighted by Gasteiger charge is -2.27. The zero-order valence-corrected chi connectivity index (χ0v) is 11.0. The molecule has 0 saturated carbocycles. The van der Waals surface area contributed by atoms with Gasteiger partial charge in [-0.05, 0) is 13.5 Å². The largest absolute Gasteiger partial charge is 0.480 e. The van der Waals surface area contributed by atoms with Gasteiger partial charge >= 0.3 is 5.97 Å². The van der Waals surface area contributed by atoms with Crippen LogP contribution in [-0.4, -0.2) is 66.0 Å². The first-order valence-corrected chi connectivity index (χ1v) is 5.68. The van der Waals surface area contributed by atoms with E-state index in [0.717, 1.165) is 0 Å². The van der Waals surface area contributed by atoms with Crippen molar-refractivity contribution < 1.29 is 19.5 Å². The van der Waals surface area contributed by atoms with E-state index in [1.807, 2.05) is 0 Å². The van der Waals surface area contributed by atoms with E-state index in [0.29, 0.717) is 0 Å². The van der Waals surface area contributed by atoms with Crippen molar-refractivity contribution in [2.24, 2.45) is 5.92 Å². The second-order valence-corrected chi connectivity index (χ2v) is 4.74. The van der Waals surface area contributed by atoms with Gasteiger partial charge in [-0.1, -0.05) is 0 Å². The molecular weight excluding hydrogens is 238 g/mol. The van der Waals surface area contributed by atoms with Crippen molar-refractivity contribution in [1.82, 2.24) is 15.1 Å². The molecule has 2 amide bonds. The molecule has 7 nitrogen and oxygen atoms in total. The topological polar surface area (TPSA) is 90.0 Å². The van der Waals surface area contributed by atoms with E-state index in [1.165, 1.54) is 16.7 Å². The molecule has 1 aliphatic heterocycles. The van der Waals surface area contributed by atoms with Gasteiger partial charge in [0.05, 0.1) is 12.1 Å². The number of likely N-dealkylation sites (tertiary alicyclic amines) is 1. The molecule has 0 aromatic rings. The maximum atomic E-state index is 12.0. The number of hydrogen-bond donors (Lipinski definition) is 2. The molecule has 0 unspecified atom stereocenters. The number of amides is 2. The third-order valence-electron chi connectivity index (χ3n) is 3.18. The minimum absolute atomic E-state index is 0.177. The summed E-state index contributed by atoms with van der Waals surface area (Å²) < 4.78 is 0. The number of carbonyl (C=O) groups excluding carboxylic acids is 2. The maximum Gasteiger partial charge on any atom is 0.320 e. The van der Waals surface area contributed by atoms with Gasteiger partial charge in [0, 0.05) is 21.0 Å². The third-order valence-corrected chi connectivity index (χ3v) is 3.18. The highest BCUT2D eigenvalue weighted by Gasteiger charge is 2.46. The summed E-state index contributed by atoms with van der Waals surface area (Å²) >= 11 is 0. The molecule has 3 atom stereocenters. The van der Waals surface area contributed by atoms with Crippen LogP contribution < -0.4 is 5.32 Å². The summed E-state index contributed by atoms with van der Waals surface area (Å²) in [6, 6.07) is -0.754. The van der Waals surface area contributed by atoms with Crippen molar-refractivity contribution >= 4 is 17.8 Å². The Morgan fingerprint density at radius 3 is 2.28 bits per heavy atom. The van der Waals surface area contributed by atoms with Crippen LogP contribution in [0.5, 0.6) is 0 Å². The molecule has 102 valence electrons. The first-order chi connectivity index (χ1) is 8.25. The fourth-order valence-corrected chi connectivity index (χ4v) is 2.27. The van der Waals surface area contributed by atoms with E-state index in [1.54, 1.807) is 21.1 Å². The van der Waals surface area contributed by atoms with Gasteiger partial charge in [0.1, 0.15) is 6.04 Å². The Bertz CT molecular complexity index is 369. The zero-order chi connectivity index (χ0) is 14.0. The van der Waals surface area contributed by atoms with E-state index < -0.39 is 24.1 Å². The number of nitrogens with one attached hydrogen (secondary N) is 1. The predicted molar refractivity (Wildman–Crippen MR) is 63.6 cm³/mol. The number of nitrogens with zero attached hydrogens (tertiary/aromatic N) is 2. The van der Waals surface area contributed by atoms with Crippen molar-refractivity contribution in [3.63, 3.8) is 0 Å². The van der Waals surface area contributed by atoms with Crippen LogP contribution in [0.4, 0.5) is 0 Å². The smallest absolute Gasteiger partial charge is 0.320 e. The van der Waals surface area contributed by atoms with Crippen molar-refractivity contribution in [2.75, 3.05) is 21.1 Å². The zero-order valence-electron chi connectivity index (χ0n) is 11.0. The lowest BCUT2D eigenvalue weighted by atomic mass is 10.0. The lowest BCUT2D eigenvalue weighted by Crippen LogP contribution is -2.50. The van der Waals surface area contributed by atoms with Crippen molar-refractivity contribution in [1.29, 1.82) is 0 Å². The number of carbonyl (C=O) groups is 3. The summed E-state index contributed by atoms with van der Waals surface area (Å²) in [6.07, 6.45) is -0.369. The molecule has 1 aliphatic rings. The average molecular weight is 257 g/mol. The summed E-state index contributed by atoms with van der Waals surface area (Å²) in [6.45, 7) is 1.35. The summed E-state index contributed by atoms with van der Waals surface area (Å²) in [5, 5.41) is 11.7. The fourth-order valence-electron chi connectivity index (χ4n) is 2.27. The molecule has 0 aliphatic carbocycles. The van der Waals surface area contributed by atoms with Gasteiger partial charge < -0.3 is 15.3 Å². The van der Waals surface area contributed by atoms with Gasteiger partial charge in [0.15, 0.2) is 0 Å². The van der Waals surface area contributed by atoms with E-state index in [4.69, 9.17) is 5.11 Å². The highest BCUT2D eigenvalue weighted by molar-refractivity contribution is 5.83. The van der Waals surface area contributed by atoms with Crippen LogP contribution in [0.15, 0.2) is 0 Å². The van der Waals surface area contributed by atoms with Crippen molar-refractivity contribution in [3.05, 3.63) is 0 Å². The Morgan fingerprint density at radius 1 is 1.33 bits per heavy atom. The monoisotopic (exact) mass is 257 g/mol. The van der Waals surface area contributed by atoms with Crippen LogP contribution in [0.1, 0.15) is 13.3 Å². The quantitative estimate of drug-likeness (QED) is 0.673. The highest BCUT2D eigenvalue weighted by atomic mass is 16.4. The molecule has 7 heteroatoms. The summed E-state index contributed by atoms with van der Waals surface area (Å²) in [5.74, 6) is -1.98. The SMILES string of the molecule is CC(=O)N[C@H]1[C@H](C(=O)N(C)C)C[C@H](C(=O)O)N1C. The highest BCUT2D eigenvalue weighted by Crippen LogP contribution is 2.28. The fraction of sp³-hybridized carbons (Fsp3) is 0.727. The normalized spacial score (nSPS) is 27.9. The third kappa shape index (κ3) is 2.79. The minimum Gasteiger partial charge on any atom is -0.480 e. The van der Waals surface area contributed by atoms with Crippen molar-refractivity contribution in [3.8, 4) is 0 Å². The lowest BCUT2D eigenvalue weighted by molar-refractivity contribution is -0.142. The van der Waals surface area contributed by atoms with E-state index in [9.17, 15) is 14.4 Å². The molecule has 1 fully saturated rings. The molecule has 0 radical (unpaired) electrons. The Balaban J connectivity index is 2.95. The molecule has 2 N–H and O–H groups in total. The molecule has 18 heavy (non-hydrogen) atoms. The summed E-state index contributed by atoms with van der Waals surface area (Å²) in [7, 11) is 4.82. The molecule has 1 saturated heterocycles. The molecule has 1 rings (SSSR count). The second-order valence-electron chi connectivity index (χ2n) is 4.74. The molecule has 0 aromatic heterocycles. The number of carboxylic acid groups (broad SMARTS) is 1. The number of aliphatic carboxylic acids is 1. The van der Waals surface area contributed by atoms with Crippen molar-refractivity contribution in [2.45, 2.75) is 25.6 Å². The van der Waals surface area contributed by atoms with E-state index in [-0.39, 0.29) is 18.2 Å². The van der Waals surface area contributed by atoms with Gasteiger partial charge in [0.2, 0.25) is 11.8 Å². The Kier molecular flexibility index (Phi) is 4.28. The number of rotatable bonds is 3. The number of hydrogen-bond acceptors (Lipinski definition) is 4.